The molecule has 1 aromatic carbocycles. The van der Waals surface area contributed by atoms with Crippen LogP contribution in [0.3, 0.4) is 0 Å². The van der Waals surface area contributed by atoms with Gasteiger partial charge >= 0.3 is 0 Å². The average molecular weight is 399 g/mol. The second-order valence-electron chi connectivity index (χ2n) is 8.40. The molecule has 0 radical (unpaired) electrons. The van der Waals surface area contributed by atoms with Crippen LogP contribution in [0.5, 0.6) is 0 Å². The Labute approximate surface area is 171 Å². The summed E-state index contributed by atoms with van der Waals surface area (Å²) in [6, 6.07) is 5.46. The number of rotatable bonds is 5. The van der Waals surface area contributed by atoms with Crippen molar-refractivity contribution in [3.05, 3.63) is 34.9 Å². The number of imide groups is 1. The molecule has 2 saturated heterocycles. The fourth-order valence-electron chi connectivity index (χ4n) is 4.58. The van der Waals surface area contributed by atoms with E-state index in [0.717, 1.165) is 50.4 Å². The molecule has 1 unspecified atom stereocenters. The smallest absolute Gasteiger partial charge is 0.255 e. The van der Waals surface area contributed by atoms with Crippen molar-refractivity contribution in [1.29, 1.82) is 0 Å². The SMILES string of the molecule is C[C@H](N)CN1CCN(Cc2cccc3c2CN(C2CCC(=O)NC2=O)C3=O)CC1. The van der Waals surface area contributed by atoms with Crippen LogP contribution >= 0.6 is 0 Å². The van der Waals surface area contributed by atoms with Gasteiger partial charge in [-0.05, 0) is 30.5 Å². The monoisotopic (exact) mass is 399 g/mol. The minimum Gasteiger partial charge on any atom is -0.327 e. The van der Waals surface area contributed by atoms with Gasteiger partial charge in [0.2, 0.25) is 11.8 Å². The number of piperidine rings is 1. The number of piperazine rings is 1. The van der Waals surface area contributed by atoms with E-state index < -0.39 is 6.04 Å². The number of carbonyl (C=O) groups excluding carboxylic acids is 3. The first-order valence-corrected chi connectivity index (χ1v) is 10.4. The summed E-state index contributed by atoms with van der Waals surface area (Å²) in [5.74, 6) is -0.744. The lowest BCUT2D eigenvalue weighted by Gasteiger charge is -2.35. The molecule has 2 atom stereocenters. The minimum atomic E-state index is -0.567. The van der Waals surface area contributed by atoms with Crippen molar-refractivity contribution in [2.24, 2.45) is 5.73 Å². The van der Waals surface area contributed by atoms with Gasteiger partial charge in [0.15, 0.2) is 0 Å². The molecule has 0 spiro atoms. The highest BCUT2D eigenvalue weighted by atomic mass is 16.2. The van der Waals surface area contributed by atoms with Gasteiger partial charge in [-0.15, -0.1) is 0 Å². The second-order valence-corrected chi connectivity index (χ2v) is 8.40. The first kappa shape index (κ1) is 20.0. The predicted molar refractivity (Wildman–Crippen MR) is 108 cm³/mol. The number of nitrogens with two attached hydrogens (primary N) is 1. The molecular weight excluding hydrogens is 370 g/mol. The lowest BCUT2D eigenvalue weighted by molar-refractivity contribution is -0.136. The quantitative estimate of drug-likeness (QED) is 0.672. The molecule has 8 nitrogen and oxygen atoms in total. The average Bonchev–Trinajstić information content (AvgIpc) is 3.01. The molecule has 156 valence electrons. The largest absolute Gasteiger partial charge is 0.327 e. The zero-order valence-corrected chi connectivity index (χ0v) is 16.9. The Morgan fingerprint density at radius 1 is 1.14 bits per heavy atom. The fourth-order valence-corrected chi connectivity index (χ4v) is 4.58. The summed E-state index contributed by atoms with van der Waals surface area (Å²) < 4.78 is 0. The van der Waals surface area contributed by atoms with E-state index in [1.807, 2.05) is 19.1 Å². The zero-order chi connectivity index (χ0) is 20.5. The van der Waals surface area contributed by atoms with Gasteiger partial charge in [-0.2, -0.15) is 0 Å². The van der Waals surface area contributed by atoms with Gasteiger partial charge in [0.25, 0.3) is 5.91 Å². The van der Waals surface area contributed by atoms with Crippen molar-refractivity contribution in [2.45, 2.75) is 44.9 Å². The van der Waals surface area contributed by atoms with Gasteiger partial charge in [-0.1, -0.05) is 12.1 Å². The van der Waals surface area contributed by atoms with Crippen LogP contribution in [-0.2, 0) is 22.7 Å². The van der Waals surface area contributed by atoms with Gasteiger partial charge in [0.1, 0.15) is 6.04 Å². The summed E-state index contributed by atoms with van der Waals surface area (Å²) in [6.07, 6.45) is 0.663. The summed E-state index contributed by atoms with van der Waals surface area (Å²) in [5.41, 5.74) is 8.75. The molecule has 3 N–H and O–H groups in total. The molecule has 2 fully saturated rings. The molecule has 0 saturated carbocycles. The van der Waals surface area contributed by atoms with E-state index in [-0.39, 0.29) is 30.2 Å². The van der Waals surface area contributed by atoms with E-state index in [4.69, 9.17) is 5.73 Å². The van der Waals surface area contributed by atoms with E-state index in [1.54, 1.807) is 4.90 Å². The third-order valence-electron chi connectivity index (χ3n) is 6.08. The fraction of sp³-hybridized carbons (Fsp3) is 0.571. The highest BCUT2D eigenvalue weighted by molar-refractivity contribution is 6.05. The van der Waals surface area contributed by atoms with Gasteiger partial charge in [-0.25, -0.2) is 0 Å². The minimum absolute atomic E-state index is 0.113. The maximum absolute atomic E-state index is 12.9. The maximum atomic E-state index is 12.9. The number of fused-ring (bicyclic) bond motifs is 1. The molecule has 8 heteroatoms. The Kier molecular flexibility index (Phi) is 5.67. The van der Waals surface area contributed by atoms with E-state index in [1.165, 1.54) is 0 Å². The Morgan fingerprint density at radius 2 is 1.86 bits per heavy atom. The molecule has 3 amide bonds. The van der Waals surface area contributed by atoms with Crippen LogP contribution in [0.2, 0.25) is 0 Å². The van der Waals surface area contributed by atoms with Crippen LogP contribution in [0, 0.1) is 0 Å². The normalized spacial score (nSPS) is 24.6. The Hall–Kier alpha value is -2.29. The second kappa shape index (κ2) is 8.22. The molecule has 1 aromatic rings. The number of amides is 3. The molecule has 4 rings (SSSR count). The van der Waals surface area contributed by atoms with E-state index in [0.29, 0.717) is 18.5 Å². The van der Waals surface area contributed by atoms with Crippen LogP contribution in [0.25, 0.3) is 0 Å². The Morgan fingerprint density at radius 3 is 2.55 bits per heavy atom. The van der Waals surface area contributed by atoms with E-state index in [2.05, 4.69) is 21.2 Å². The van der Waals surface area contributed by atoms with Gasteiger partial charge in [-0.3, -0.25) is 29.5 Å². The summed E-state index contributed by atoms with van der Waals surface area (Å²) in [4.78, 5) is 43.1. The molecule has 0 aromatic heterocycles. The molecule has 0 aliphatic carbocycles. The Balaban J connectivity index is 1.44. The topological polar surface area (TPSA) is 99.0 Å². The van der Waals surface area contributed by atoms with Crippen molar-refractivity contribution in [1.82, 2.24) is 20.0 Å². The van der Waals surface area contributed by atoms with Crippen molar-refractivity contribution < 1.29 is 14.4 Å². The van der Waals surface area contributed by atoms with Gasteiger partial charge in [0, 0.05) is 63.8 Å². The molecular formula is C21H29N5O3. The highest BCUT2D eigenvalue weighted by Gasteiger charge is 2.39. The molecule has 3 aliphatic heterocycles. The summed E-state index contributed by atoms with van der Waals surface area (Å²) >= 11 is 0. The Bertz CT molecular complexity index is 817. The van der Waals surface area contributed by atoms with Crippen molar-refractivity contribution in [3.63, 3.8) is 0 Å². The van der Waals surface area contributed by atoms with Crippen LogP contribution in [0.4, 0.5) is 0 Å². The molecule has 3 aliphatic rings. The van der Waals surface area contributed by atoms with Crippen molar-refractivity contribution in [3.8, 4) is 0 Å². The van der Waals surface area contributed by atoms with Crippen molar-refractivity contribution in [2.75, 3.05) is 32.7 Å². The van der Waals surface area contributed by atoms with Crippen LogP contribution in [0.15, 0.2) is 18.2 Å². The van der Waals surface area contributed by atoms with Gasteiger partial charge < -0.3 is 10.6 Å². The number of hydrogen-bond donors (Lipinski definition) is 2. The standard InChI is InChI=1S/C21H29N5O3/c1-14(22)11-24-7-9-25(10-8-24)12-15-3-2-4-16-17(15)13-26(21(16)29)18-5-6-19(27)23-20(18)28/h2-4,14,18H,5-13,22H2,1H3,(H,23,27,28)/t14-,18?/m0/s1. The lowest BCUT2D eigenvalue weighted by atomic mass is 10.0. The number of nitrogens with one attached hydrogen (secondary N) is 1. The summed E-state index contributed by atoms with van der Waals surface area (Å²) in [6.45, 7) is 8.12. The van der Waals surface area contributed by atoms with Crippen LogP contribution < -0.4 is 11.1 Å². The van der Waals surface area contributed by atoms with Crippen LogP contribution in [0.1, 0.15) is 41.3 Å². The molecule has 29 heavy (non-hydrogen) atoms. The number of benzene rings is 1. The number of hydrogen-bond acceptors (Lipinski definition) is 6. The summed E-state index contributed by atoms with van der Waals surface area (Å²) in [5, 5.41) is 2.36. The third kappa shape index (κ3) is 4.19. The highest BCUT2D eigenvalue weighted by Crippen LogP contribution is 2.30. The molecule has 3 heterocycles. The maximum Gasteiger partial charge on any atom is 0.255 e. The number of carbonyl (C=O) groups is 3. The zero-order valence-electron chi connectivity index (χ0n) is 16.9. The van der Waals surface area contributed by atoms with Crippen molar-refractivity contribution >= 4 is 17.7 Å². The molecule has 0 bridgehead atoms. The van der Waals surface area contributed by atoms with E-state index in [9.17, 15) is 14.4 Å². The van der Waals surface area contributed by atoms with Gasteiger partial charge in [0.05, 0.1) is 0 Å². The first-order valence-electron chi connectivity index (χ1n) is 10.4. The predicted octanol–water partition coefficient (Wildman–Crippen LogP) is -0.0876. The number of nitrogens with zero attached hydrogens (tertiary/aromatic N) is 3. The van der Waals surface area contributed by atoms with E-state index >= 15 is 0 Å². The van der Waals surface area contributed by atoms with Crippen LogP contribution in [-0.4, -0.2) is 77.2 Å². The summed E-state index contributed by atoms with van der Waals surface area (Å²) in [7, 11) is 0. The lowest BCUT2D eigenvalue weighted by Crippen LogP contribution is -2.52. The third-order valence-corrected chi connectivity index (χ3v) is 6.08. The first-order chi connectivity index (χ1) is 13.9.